The van der Waals surface area contributed by atoms with Crippen LogP contribution in [0.2, 0.25) is 0 Å². The summed E-state index contributed by atoms with van der Waals surface area (Å²) in [6, 6.07) is 22.0. The normalized spacial score (nSPS) is 11.0. The Balaban J connectivity index is 1.53. The van der Waals surface area contributed by atoms with E-state index < -0.39 is 0 Å². The Morgan fingerprint density at radius 2 is 1.74 bits per heavy atom. The quantitative estimate of drug-likeness (QED) is 0.259. The van der Waals surface area contributed by atoms with E-state index in [-0.39, 0.29) is 0 Å². The summed E-state index contributed by atoms with van der Waals surface area (Å²) in [5.41, 5.74) is 3.59. The second-order valence-electron chi connectivity index (χ2n) is 8.06. The molecular formula is C27H28N6O2. The van der Waals surface area contributed by atoms with E-state index in [0.717, 1.165) is 30.8 Å². The van der Waals surface area contributed by atoms with Crippen LogP contribution in [0.3, 0.4) is 0 Å². The Morgan fingerprint density at radius 1 is 0.914 bits per heavy atom. The van der Waals surface area contributed by atoms with Crippen LogP contribution in [0.1, 0.15) is 18.9 Å². The molecule has 5 aromatic rings. The standard InChI is InChI=1S/C27H28N6O2/c1-3-28-24-23-26(32-27(31-24)29-17-7-11-19-9-5-4-6-10-19)33(20-13-15-21(34-2)16-14-20)25(30-23)22-12-8-18-35-22/h4-6,8-10,12-16,18H,3,7,11,17H2,1-2H3,(H2,28,29,31,32). The van der Waals surface area contributed by atoms with Crippen molar-refractivity contribution < 1.29 is 9.15 Å². The van der Waals surface area contributed by atoms with E-state index >= 15 is 0 Å². The molecule has 0 saturated heterocycles. The molecule has 0 atom stereocenters. The minimum Gasteiger partial charge on any atom is -0.497 e. The minimum atomic E-state index is 0.558. The van der Waals surface area contributed by atoms with Gasteiger partial charge in [0.1, 0.15) is 5.75 Å². The van der Waals surface area contributed by atoms with E-state index in [1.807, 2.05) is 54.0 Å². The Hall–Kier alpha value is -4.33. The average Bonchev–Trinajstić information content (AvgIpc) is 3.56. The summed E-state index contributed by atoms with van der Waals surface area (Å²) >= 11 is 0. The van der Waals surface area contributed by atoms with Gasteiger partial charge in [0.05, 0.1) is 13.4 Å². The first-order valence-electron chi connectivity index (χ1n) is 11.8. The first-order chi connectivity index (χ1) is 17.3. The molecule has 8 heteroatoms. The molecule has 0 aliphatic rings. The number of anilines is 2. The molecule has 0 saturated carbocycles. The monoisotopic (exact) mass is 468 g/mol. The van der Waals surface area contributed by atoms with Gasteiger partial charge < -0.3 is 19.8 Å². The van der Waals surface area contributed by atoms with Crippen LogP contribution in [0.4, 0.5) is 11.8 Å². The van der Waals surface area contributed by atoms with Crippen molar-refractivity contribution in [3.05, 3.63) is 78.6 Å². The third-order valence-corrected chi connectivity index (χ3v) is 5.69. The molecule has 178 valence electrons. The molecule has 0 amide bonds. The van der Waals surface area contributed by atoms with E-state index in [2.05, 4.69) is 34.9 Å². The van der Waals surface area contributed by atoms with Crippen LogP contribution in [0.5, 0.6) is 5.75 Å². The summed E-state index contributed by atoms with van der Waals surface area (Å²) in [6.07, 6.45) is 3.60. The Morgan fingerprint density at radius 3 is 2.46 bits per heavy atom. The highest BCUT2D eigenvalue weighted by molar-refractivity contribution is 5.88. The van der Waals surface area contributed by atoms with Gasteiger partial charge in [0, 0.05) is 18.8 Å². The second kappa shape index (κ2) is 10.3. The molecule has 35 heavy (non-hydrogen) atoms. The lowest BCUT2D eigenvalue weighted by Gasteiger charge is -2.11. The van der Waals surface area contributed by atoms with E-state index in [0.29, 0.717) is 41.1 Å². The number of nitrogens with one attached hydrogen (secondary N) is 2. The second-order valence-corrected chi connectivity index (χ2v) is 8.06. The van der Waals surface area contributed by atoms with Crippen molar-refractivity contribution in [2.24, 2.45) is 0 Å². The highest BCUT2D eigenvalue weighted by Crippen LogP contribution is 2.32. The molecule has 0 aliphatic carbocycles. The van der Waals surface area contributed by atoms with Gasteiger partial charge in [-0.05, 0) is 61.7 Å². The van der Waals surface area contributed by atoms with Gasteiger partial charge in [-0.2, -0.15) is 9.97 Å². The van der Waals surface area contributed by atoms with E-state index in [4.69, 9.17) is 24.1 Å². The Labute approximate surface area is 204 Å². The molecule has 3 aromatic heterocycles. The molecule has 0 aliphatic heterocycles. The first kappa shape index (κ1) is 22.5. The lowest BCUT2D eigenvalue weighted by atomic mass is 10.1. The number of benzene rings is 2. The van der Waals surface area contributed by atoms with Crippen LogP contribution in [0, 0.1) is 0 Å². The van der Waals surface area contributed by atoms with Gasteiger partial charge in [-0.15, -0.1) is 0 Å². The fraction of sp³-hybridized carbons (Fsp3) is 0.222. The van der Waals surface area contributed by atoms with E-state index in [1.165, 1.54) is 5.56 Å². The number of hydrogen-bond donors (Lipinski definition) is 2. The molecule has 2 aromatic carbocycles. The number of imidazole rings is 1. The van der Waals surface area contributed by atoms with Crippen molar-refractivity contribution in [2.45, 2.75) is 19.8 Å². The van der Waals surface area contributed by atoms with Crippen molar-refractivity contribution >= 4 is 22.9 Å². The number of furan rings is 1. The zero-order chi connectivity index (χ0) is 24.0. The van der Waals surface area contributed by atoms with Crippen LogP contribution in [-0.4, -0.2) is 39.7 Å². The summed E-state index contributed by atoms with van der Waals surface area (Å²) in [6.45, 7) is 3.51. The third kappa shape index (κ3) is 4.82. The smallest absolute Gasteiger partial charge is 0.226 e. The number of rotatable bonds is 10. The highest BCUT2D eigenvalue weighted by atomic mass is 16.5. The SMILES string of the molecule is CCNc1nc(NCCCc2ccccc2)nc2c1nc(-c1ccco1)n2-c1ccc(OC)cc1. The summed E-state index contributed by atoms with van der Waals surface area (Å²) in [7, 11) is 1.65. The average molecular weight is 469 g/mol. The number of nitrogens with zero attached hydrogens (tertiary/aromatic N) is 4. The number of ether oxygens (including phenoxy) is 1. The molecule has 0 spiro atoms. The summed E-state index contributed by atoms with van der Waals surface area (Å²) < 4.78 is 13.1. The molecule has 0 fully saturated rings. The molecule has 5 rings (SSSR count). The maximum Gasteiger partial charge on any atom is 0.226 e. The van der Waals surface area contributed by atoms with Gasteiger partial charge in [0.25, 0.3) is 0 Å². The van der Waals surface area contributed by atoms with Gasteiger partial charge in [-0.3, -0.25) is 4.57 Å². The van der Waals surface area contributed by atoms with Gasteiger partial charge >= 0.3 is 0 Å². The van der Waals surface area contributed by atoms with E-state index in [1.54, 1.807) is 13.4 Å². The number of methoxy groups -OCH3 is 1. The Kier molecular flexibility index (Phi) is 6.61. The first-order valence-corrected chi connectivity index (χ1v) is 11.8. The van der Waals surface area contributed by atoms with Crippen LogP contribution in [0.25, 0.3) is 28.4 Å². The fourth-order valence-corrected chi connectivity index (χ4v) is 4.01. The Bertz CT molecular complexity index is 1380. The van der Waals surface area contributed by atoms with Gasteiger partial charge in [0.2, 0.25) is 5.95 Å². The van der Waals surface area contributed by atoms with Crippen molar-refractivity contribution in [3.8, 4) is 23.0 Å². The van der Waals surface area contributed by atoms with Gasteiger partial charge in [-0.25, -0.2) is 4.98 Å². The van der Waals surface area contributed by atoms with Gasteiger partial charge in [-0.1, -0.05) is 30.3 Å². The number of aryl methyl sites for hydroxylation is 1. The van der Waals surface area contributed by atoms with Crippen molar-refractivity contribution in [3.63, 3.8) is 0 Å². The summed E-state index contributed by atoms with van der Waals surface area (Å²) in [5, 5.41) is 6.75. The van der Waals surface area contributed by atoms with Crippen molar-refractivity contribution in [2.75, 3.05) is 30.8 Å². The van der Waals surface area contributed by atoms with Crippen LogP contribution in [-0.2, 0) is 6.42 Å². The molecule has 2 N–H and O–H groups in total. The molecule has 0 radical (unpaired) electrons. The minimum absolute atomic E-state index is 0.558. The lowest BCUT2D eigenvalue weighted by Crippen LogP contribution is -2.10. The van der Waals surface area contributed by atoms with Crippen molar-refractivity contribution in [1.29, 1.82) is 0 Å². The maximum absolute atomic E-state index is 5.72. The van der Waals surface area contributed by atoms with Crippen LogP contribution in [0.15, 0.2) is 77.4 Å². The highest BCUT2D eigenvalue weighted by Gasteiger charge is 2.21. The topological polar surface area (TPSA) is 90.0 Å². The van der Waals surface area contributed by atoms with E-state index in [9.17, 15) is 0 Å². The fourth-order valence-electron chi connectivity index (χ4n) is 4.01. The molecule has 0 unspecified atom stereocenters. The molecule has 8 nitrogen and oxygen atoms in total. The van der Waals surface area contributed by atoms with Gasteiger partial charge in [0.15, 0.2) is 28.6 Å². The zero-order valence-electron chi connectivity index (χ0n) is 19.9. The predicted molar refractivity (Wildman–Crippen MR) is 138 cm³/mol. The number of fused-ring (bicyclic) bond motifs is 1. The molecule has 3 heterocycles. The number of aromatic nitrogens is 4. The zero-order valence-corrected chi connectivity index (χ0v) is 19.9. The van der Waals surface area contributed by atoms with Crippen LogP contribution >= 0.6 is 0 Å². The predicted octanol–water partition coefficient (Wildman–Crippen LogP) is 5.56. The largest absolute Gasteiger partial charge is 0.497 e. The van der Waals surface area contributed by atoms with Crippen LogP contribution < -0.4 is 15.4 Å². The molecule has 0 bridgehead atoms. The lowest BCUT2D eigenvalue weighted by molar-refractivity contribution is 0.415. The molecular weight excluding hydrogens is 440 g/mol. The maximum atomic E-state index is 5.72. The number of hydrogen-bond acceptors (Lipinski definition) is 7. The van der Waals surface area contributed by atoms with Crippen molar-refractivity contribution in [1.82, 2.24) is 19.5 Å². The third-order valence-electron chi connectivity index (χ3n) is 5.69. The summed E-state index contributed by atoms with van der Waals surface area (Å²) in [4.78, 5) is 14.5. The summed E-state index contributed by atoms with van der Waals surface area (Å²) in [5.74, 6) is 3.33.